The maximum atomic E-state index is 12.5. The number of halogens is 1. The third-order valence-electron chi connectivity index (χ3n) is 3.52. The molecule has 1 heterocycles. The summed E-state index contributed by atoms with van der Waals surface area (Å²) in [7, 11) is -3.78. The van der Waals surface area contributed by atoms with Crippen LogP contribution in [-0.2, 0) is 16.4 Å². The Bertz CT molecular complexity index is 1060. The fourth-order valence-corrected chi connectivity index (χ4v) is 3.49. The Hall–Kier alpha value is -2.69. The highest BCUT2D eigenvalue weighted by molar-refractivity contribution is 7.92. The summed E-state index contributed by atoms with van der Waals surface area (Å²) in [6, 6.07) is 13.6. The van der Waals surface area contributed by atoms with Crippen LogP contribution in [-0.4, -0.2) is 18.4 Å². The maximum Gasteiger partial charge on any atom is 0.263 e. The van der Waals surface area contributed by atoms with Gasteiger partial charge in [-0.25, -0.2) is 18.4 Å². The van der Waals surface area contributed by atoms with Crippen molar-refractivity contribution in [2.45, 2.75) is 17.7 Å². The van der Waals surface area contributed by atoms with Gasteiger partial charge < -0.3 is 0 Å². The van der Waals surface area contributed by atoms with Crippen LogP contribution in [0, 0.1) is 11.3 Å². The summed E-state index contributed by atoms with van der Waals surface area (Å²) in [5, 5.41) is 9.04. The van der Waals surface area contributed by atoms with E-state index >= 15 is 0 Å². The van der Waals surface area contributed by atoms with Crippen molar-refractivity contribution in [2.24, 2.45) is 0 Å². The van der Waals surface area contributed by atoms with Gasteiger partial charge in [-0.1, -0.05) is 29.8 Å². The van der Waals surface area contributed by atoms with Gasteiger partial charge in [-0.15, -0.1) is 0 Å². The first-order chi connectivity index (χ1) is 12.0. The van der Waals surface area contributed by atoms with Gasteiger partial charge in [0.2, 0.25) is 0 Å². The van der Waals surface area contributed by atoms with Crippen LogP contribution in [0.3, 0.4) is 0 Å². The van der Waals surface area contributed by atoms with Gasteiger partial charge in [0.05, 0.1) is 27.7 Å². The first-order valence-corrected chi connectivity index (χ1v) is 9.26. The molecule has 0 spiro atoms. The number of hydrogen-bond acceptors (Lipinski definition) is 5. The van der Waals surface area contributed by atoms with Crippen molar-refractivity contribution >= 4 is 38.5 Å². The fraction of sp³-hybridized carbons (Fsp3) is 0.118. The van der Waals surface area contributed by atoms with Gasteiger partial charge in [0, 0.05) is 6.42 Å². The number of para-hydroxylation sites is 1. The van der Waals surface area contributed by atoms with Gasteiger partial charge in [0.1, 0.15) is 5.52 Å². The van der Waals surface area contributed by atoms with E-state index in [0.717, 1.165) is 5.56 Å². The highest BCUT2D eigenvalue weighted by Crippen LogP contribution is 2.22. The van der Waals surface area contributed by atoms with Crippen LogP contribution in [0.25, 0.3) is 11.0 Å². The van der Waals surface area contributed by atoms with E-state index in [4.69, 9.17) is 16.9 Å². The van der Waals surface area contributed by atoms with E-state index < -0.39 is 10.0 Å². The lowest BCUT2D eigenvalue weighted by Crippen LogP contribution is -2.14. The zero-order valence-corrected chi connectivity index (χ0v) is 14.5. The largest absolute Gasteiger partial charge is 0.263 e. The Balaban J connectivity index is 1.85. The monoisotopic (exact) mass is 372 g/mol. The molecule has 0 amide bonds. The first-order valence-electron chi connectivity index (χ1n) is 7.39. The van der Waals surface area contributed by atoms with Gasteiger partial charge in [0.25, 0.3) is 10.0 Å². The summed E-state index contributed by atoms with van der Waals surface area (Å²) < 4.78 is 27.4. The van der Waals surface area contributed by atoms with Crippen molar-refractivity contribution in [1.29, 1.82) is 5.26 Å². The second-order valence-corrected chi connectivity index (χ2v) is 7.36. The number of aryl methyl sites for hydroxylation is 1. The predicted molar refractivity (Wildman–Crippen MR) is 95.7 cm³/mol. The van der Waals surface area contributed by atoms with Crippen molar-refractivity contribution < 1.29 is 8.42 Å². The molecule has 126 valence electrons. The van der Waals surface area contributed by atoms with E-state index in [-0.39, 0.29) is 10.7 Å². The van der Waals surface area contributed by atoms with Crippen molar-refractivity contribution in [2.75, 3.05) is 4.72 Å². The molecule has 0 fully saturated rings. The number of nitrogens with zero attached hydrogens (tertiary/aromatic N) is 3. The summed E-state index contributed by atoms with van der Waals surface area (Å²) in [4.78, 5) is 8.50. The minimum absolute atomic E-state index is 0.112. The molecule has 0 saturated heterocycles. The van der Waals surface area contributed by atoms with Gasteiger partial charge >= 0.3 is 0 Å². The van der Waals surface area contributed by atoms with E-state index in [2.05, 4.69) is 20.8 Å². The summed E-state index contributed by atoms with van der Waals surface area (Å²) in [6.07, 6.45) is 2.30. The molecule has 0 bridgehead atoms. The molecular formula is C17H13ClN4O2S. The molecule has 0 atom stereocenters. The van der Waals surface area contributed by atoms with Crippen LogP contribution >= 0.6 is 11.6 Å². The Morgan fingerprint density at radius 1 is 1.16 bits per heavy atom. The van der Waals surface area contributed by atoms with Crippen LogP contribution in [0.4, 0.5) is 5.82 Å². The van der Waals surface area contributed by atoms with Crippen molar-refractivity contribution in [3.8, 4) is 6.07 Å². The molecule has 3 rings (SSSR count). The number of fused-ring (bicyclic) bond motifs is 1. The van der Waals surface area contributed by atoms with Crippen LogP contribution in [0.15, 0.2) is 53.6 Å². The highest BCUT2D eigenvalue weighted by Gasteiger charge is 2.15. The second-order valence-electron chi connectivity index (χ2n) is 5.27. The van der Waals surface area contributed by atoms with Crippen LogP contribution < -0.4 is 4.72 Å². The Labute approximate surface area is 150 Å². The zero-order chi connectivity index (χ0) is 17.9. The molecule has 3 aromatic rings. The summed E-state index contributed by atoms with van der Waals surface area (Å²) in [5.74, 6) is 0.114. The van der Waals surface area contributed by atoms with Crippen molar-refractivity contribution in [1.82, 2.24) is 9.97 Å². The smallest absolute Gasteiger partial charge is 0.262 e. The van der Waals surface area contributed by atoms with Crippen molar-refractivity contribution in [3.63, 3.8) is 0 Å². The van der Waals surface area contributed by atoms with Gasteiger partial charge in [-0.2, -0.15) is 5.26 Å². The highest BCUT2D eigenvalue weighted by atomic mass is 35.5. The summed E-state index contributed by atoms with van der Waals surface area (Å²) in [5.41, 5.74) is 1.91. The lowest BCUT2D eigenvalue weighted by Gasteiger charge is -2.08. The minimum Gasteiger partial charge on any atom is -0.262 e. The number of sulfonamides is 1. The molecular weight excluding hydrogens is 360 g/mol. The molecule has 8 heteroatoms. The molecule has 0 unspecified atom stereocenters. The molecule has 6 nitrogen and oxygen atoms in total. The molecule has 0 aliphatic carbocycles. The molecule has 0 aliphatic rings. The number of rotatable bonds is 5. The lowest BCUT2D eigenvalue weighted by atomic mass is 10.1. The summed E-state index contributed by atoms with van der Waals surface area (Å²) in [6.45, 7) is 0. The third-order valence-corrected chi connectivity index (χ3v) is 5.20. The third kappa shape index (κ3) is 3.87. The van der Waals surface area contributed by atoms with E-state index in [9.17, 15) is 8.42 Å². The zero-order valence-electron chi connectivity index (χ0n) is 13.0. The lowest BCUT2D eigenvalue weighted by molar-refractivity contribution is 0.601. The normalized spacial score (nSPS) is 11.2. The van der Waals surface area contributed by atoms with Crippen LogP contribution in [0.1, 0.15) is 12.0 Å². The standard InChI is InChI=1S/C17H13ClN4O2S/c18-14-4-1-5-15-17(14)20-11-16(21-15)22-25(23,24)13-8-6-12(7-9-13)3-2-10-19/h1,4-9,11H,2-3H2,(H,21,22). The van der Waals surface area contributed by atoms with E-state index in [1.165, 1.54) is 18.3 Å². The molecule has 0 radical (unpaired) electrons. The minimum atomic E-state index is -3.78. The number of benzene rings is 2. The first kappa shape index (κ1) is 17.1. The van der Waals surface area contributed by atoms with E-state index in [0.29, 0.717) is 28.9 Å². The molecule has 2 aromatic carbocycles. The van der Waals surface area contributed by atoms with Crippen molar-refractivity contribution in [3.05, 3.63) is 59.2 Å². The van der Waals surface area contributed by atoms with Crippen LogP contribution in [0.2, 0.25) is 5.02 Å². The van der Waals surface area contributed by atoms with Crippen LogP contribution in [0.5, 0.6) is 0 Å². The molecule has 0 saturated carbocycles. The van der Waals surface area contributed by atoms with Gasteiger partial charge in [0.15, 0.2) is 5.82 Å². The quantitative estimate of drug-likeness (QED) is 0.738. The van der Waals surface area contributed by atoms with Gasteiger partial charge in [-0.05, 0) is 36.2 Å². The molecule has 1 N–H and O–H groups in total. The number of nitrogens with one attached hydrogen (secondary N) is 1. The topological polar surface area (TPSA) is 95.7 Å². The Morgan fingerprint density at radius 3 is 2.64 bits per heavy atom. The SMILES string of the molecule is N#CCCc1ccc(S(=O)(=O)Nc2cnc3c(Cl)cccc3n2)cc1. The number of nitriles is 1. The number of hydrogen-bond donors (Lipinski definition) is 1. The average molecular weight is 373 g/mol. The maximum absolute atomic E-state index is 12.5. The molecule has 1 aromatic heterocycles. The van der Waals surface area contributed by atoms with E-state index in [1.54, 1.807) is 30.3 Å². The van der Waals surface area contributed by atoms with Gasteiger partial charge in [-0.3, -0.25) is 4.72 Å². The number of aromatic nitrogens is 2. The molecule has 0 aliphatic heterocycles. The predicted octanol–water partition coefficient (Wildman–Crippen LogP) is 3.54. The second kappa shape index (κ2) is 7.05. The summed E-state index contributed by atoms with van der Waals surface area (Å²) >= 11 is 6.03. The fourth-order valence-electron chi connectivity index (χ4n) is 2.29. The average Bonchev–Trinajstić information content (AvgIpc) is 2.60. The van der Waals surface area contributed by atoms with E-state index in [1.807, 2.05) is 0 Å². The Kier molecular flexibility index (Phi) is 4.83. The molecule has 25 heavy (non-hydrogen) atoms. The Morgan fingerprint density at radius 2 is 1.92 bits per heavy atom. The number of anilines is 1.